The van der Waals surface area contributed by atoms with Gasteiger partial charge in [0.15, 0.2) is 0 Å². The molecule has 0 aromatic heterocycles. The molecule has 0 radical (unpaired) electrons. The number of benzene rings is 1. The van der Waals surface area contributed by atoms with Crippen LogP contribution in [0.1, 0.15) is 30.9 Å². The Kier molecular flexibility index (Phi) is 3.15. The Morgan fingerprint density at radius 2 is 2.14 bits per heavy atom. The average Bonchev–Trinajstić information content (AvgIpc) is 2.06. The van der Waals surface area contributed by atoms with Gasteiger partial charge in [-0.2, -0.15) is 0 Å². The van der Waals surface area contributed by atoms with Gasteiger partial charge in [-0.25, -0.2) is 0 Å². The summed E-state index contributed by atoms with van der Waals surface area (Å²) in [6.07, 6.45) is 3.79. The monoisotopic (exact) mass is 273 g/mol. The van der Waals surface area contributed by atoms with Crippen LogP contribution in [0.2, 0.25) is 5.02 Å². The lowest BCUT2D eigenvalue weighted by atomic mass is 9.77. The number of hydrogen-bond acceptors (Lipinski definition) is 1. The molecule has 1 nitrogen and oxygen atoms in total. The second-order valence-corrected chi connectivity index (χ2v) is 5.09. The molecule has 1 aromatic carbocycles. The maximum absolute atomic E-state index is 6.19. The van der Waals surface area contributed by atoms with Gasteiger partial charge in [0.05, 0.1) is 5.02 Å². The molecule has 1 fully saturated rings. The topological polar surface area (TPSA) is 26.0 Å². The highest BCUT2D eigenvalue weighted by Gasteiger charge is 2.27. The molecule has 2 rings (SSSR count). The molecule has 1 saturated carbocycles. The van der Waals surface area contributed by atoms with Crippen LogP contribution in [0.4, 0.5) is 0 Å². The summed E-state index contributed by atoms with van der Waals surface area (Å²) >= 11 is 9.60. The van der Waals surface area contributed by atoms with E-state index >= 15 is 0 Å². The Hall–Kier alpha value is -0.0500. The normalized spacial score (nSPS) is 19.1. The van der Waals surface area contributed by atoms with Gasteiger partial charge in [-0.05, 0) is 46.3 Å². The van der Waals surface area contributed by atoms with E-state index in [4.69, 9.17) is 17.3 Å². The Labute approximate surface area is 97.8 Å². The lowest BCUT2D eigenvalue weighted by molar-refractivity contribution is 0.264. The van der Waals surface area contributed by atoms with E-state index in [0.29, 0.717) is 5.92 Å². The third-order valence-electron chi connectivity index (χ3n) is 3.00. The van der Waals surface area contributed by atoms with Crippen LogP contribution in [0.3, 0.4) is 0 Å². The molecule has 0 bridgehead atoms. The zero-order chi connectivity index (χ0) is 10.1. The quantitative estimate of drug-likeness (QED) is 0.869. The molecule has 1 aliphatic rings. The van der Waals surface area contributed by atoms with Crippen molar-refractivity contribution in [2.75, 3.05) is 0 Å². The predicted molar refractivity (Wildman–Crippen MR) is 63.4 cm³/mol. The third-order valence-corrected chi connectivity index (χ3v) is 4.31. The molecule has 0 unspecified atom stereocenters. The van der Waals surface area contributed by atoms with Gasteiger partial charge in [-0.3, -0.25) is 0 Å². The van der Waals surface area contributed by atoms with Crippen molar-refractivity contribution in [2.45, 2.75) is 25.3 Å². The first-order chi connectivity index (χ1) is 6.70. The highest BCUT2D eigenvalue weighted by Crippen LogP contribution is 2.39. The first-order valence-electron chi connectivity index (χ1n) is 4.89. The van der Waals surface area contributed by atoms with Gasteiger partial charge in [0.25, 0.3) is 0 Å². The molecular weight excluding hydrogens is 261 g/mol. The van der Waals surface area contributed by atoms with Crippen LogP contribution in [-0.4, -0.2) is 0 Å². The van der Waals surface area contributed by atoms with Crippen molar-refractivity contribution in [3.63, 3.8) is 0 Å². The van der Waals surface area contributed by atoms with E-state index in [1.165, 1.54) is 19.3 Å². The fourth-order valence-electron chi connectivity index (χ4n) is 1.83. The van der Waals surface area contributed by atoms with Crippen LogP contribution in [0, 0.1) is 5.92 Å². The lowest BCUT2D eigenvalue weighted by Crippen LogP contribution is -2.27. The predicted octanol–water partition coefficient (Wildman–Crippen LogP) is 3.90. The maximum atomic E-state index is 6.19. The van der Waals surface area contributed by atoms with Crippen molar-refractivity contribution in [3.05, 3.63) is 33.3 Å². The van der Waals surface area contributed by atoms with Crippen LogP contribution in [-0.2, 0) is 0 Å². The molecule has 14 heavy (non-hydrogen) atoms. The summed E-state index contributed by atoms with van der Waals surface area (Å²) in [4.78, 5) is 0. The summed E-state index contributed by atoms with van der Waals surface area (Å²) in [6.45, 7) is 0. The van der Waals surface area contributed by atoms with Gasteiger partial charge in [0.1, 0.15) is 0 Å². The van der Waals surface area contributed by atoms with Crippen molar-refractivity contribution in [1.82, 2.24) is 0 Å². The molecule has 1 aromatic rings. The highest BCUT2D eigenvalue weighted by atomic mass is 79.9. The third kappa shape index (κ3) is 1.83. The van der Waals surface area contributed by atoms with Gasteiger partial charge in [0, 0.05) is 10.5 Å². The van der Waals surface area contributed by atoms with Crippen LogP contribution in [0.5, 0.6) is 0 Å². The SMILES string of the molecule is N[C@@H](c1cccc(Br)c1Cl)C1CCC1. The summed E-state index contributed by atoms with van der Waals surface area (Å²) in [5, 5.41) is 0.770. The summed E-state index contributed by atoms with van der Waals surface area (Å²) in [5.41, 5.74) is 7.24. The number of rotatable bonds is 2. The van der Waals surface area contributed by atoms with E-state index in [1.54, 1.807) is 0 Å². The minimum atomic E-state index is 0.105. The summed E-state index contributed by atoms with van der Waals surface area (Å²) < 4.78 is 0.937. The fraction of sp³-hybridized carbons (Fsp3) is 0.455. The van der Waals surface area contributed by atoms with E-state index < -0.39 is 0 Å². The largest absolute Gasteiger partial charge is 0.324 e. The molecule has 2 N–H and O–H groups in total. The Bertz CT molecular complexity index is 336. The standard InChI is InChI=1S/C11H13BrClN/c12-9-6-2-5-8(10(9)13)11(14)7-3-1-4-7/h2,5-7,11H,1,3-4,14H2/t11-/m1/s1. The van der Waals surface area contributed by atoms with Crippen molar-refractivity contribution in [1.29, 1.82) is 0 Å². The van der Waals surface area contributed by atoms with Crippen molar-refractivity contribution in [2.24, 2.45) is 11.7 Å². The Balaban J connectivity index is 2.26. The van der Waals surface area contributed by atoms with Gasteiger partial charge < -0.3 is 5.73 Å². The second-order valence-electron chi connectivity index (χ2n) is 3.86. The average molecular weight is 275 g/mol. The molecule has 0 heterocycles. The smallest absolute Gasteiger partial charge is 0.0595 e. The lowest BCUT2D eigenvalue weighted by Gasteiger charge is -2.32. The van der Waals surface area contributed by atoms with Crippen LogP contribution >= 0.6 is 27.5 Å². The highest BCUT2D eigenvalue weighted by molar-refractivity contribution is 9.10. The first kappa shape index (κ1) is 10.5. The zero-order valence-electron chi connectivity index (χ0n) is 7.84. The fourth-order valence-corrected chi connectivity index (χ4v) is 2.46. The van der Waals surface area contributed by atoms with Gasteiger partial charge in [0.2, 0.25) is 0 Å². The molecule has 1 atom stereocenters. The van der Waals surface area contributed by atoms with E-state index in [2.05, 4.69) is 15.9 Å². The number of hydrogen-bond donors (Lipinski definition) is 1. The molecule has 0 spiro atoms. The van der Waals surface area contributed by atoms with Crippen molar-refractivity contribution in [3.8, 4) is 0 Å². The maximum Gasteiger partial charge on any atom is 0.0595 e. The second kappa shape index (κ2) is 4.21. The number of nitrogens with two attached hydrogens (primary N) is 1. The summed E-state index contributed by atoms with van der Waals surface area (Å²) in [5.74, 6) is 0.627. The molecule has 0 amide bonds. The van der Waals surface area contributed by atoms with Crippen LogP contribution < -0.4 is 5.73 Å². The number of halogens is 2. The Morgan fingerprint density at radius 1 is 1.43 bits per heavy atom. The molecule has 1 aliphatic carbocycles. The van der Waals surface area contributed by atoms with Gasteiger partial charge in [-0.1, -0.05) is 30.2 Å². The molecule has 0 saturated heterocycles. The molecule has 3 heteroatoms. The van der Waals surface area contributed by atoms with Crippen molar-refractivity contribution >= 4 is 27.5 Å². The molecule has 0 aliphatic heterocycles. The van der Waals surface area contributed by atoms with E-state index in [0.717, 1.165) is 15.1 Å². The van der Waals surface area contributed by atoms with Crippen LogP contribution in [0.15, 0.2) is 22.7 Å². The van der Waals surface area contributed by atoms with E-state index in [1.807, 2.05) is 18.2 Å². The van der Waals surface area contributed by atoms with E-state index in [9.17, 15) is 0 Å². The summed E-state index contributed by atoms with van der Waals surface area (Å²) in [7, 11) is 0. The minimum Gasteiger partial charge on any atom is -0.324 e. The van der Waals surface area contributed by atoms with Crippen LogP contribution in [0.25, 0.3) is 0 Å². The molecule has 76 valence electrons. The van der Waals surface area contributed by atoms with Gasteiger partial charge >= 0.3 is 0 Å². The van der Waals surface area contributed by atoms with Crippen molar-refractivity contribution < 1.29 is 0 Å². The zero-order valence-corrected chi connectivity index (χ0v) is 10.2. The van der Waals surface area contributed by atoms with Gasteiger partial charge in [-0.15, -0.1) is 0 Å². The Morgan fingerprint density at radius 3 is 2.71 bits per heavy atom. The van der Waals surface area contributed by atoms with E-state index in [-0.39, 0.29) is 6.04 Å². The minimum absolute atomic E-state index is 0.105. The first-order valence-corrected chi connectivity index (χ1v) is 6.06. The summed E-state index contributed by atoms with van der Waals surface area (Å²) in [6, 6.07) is 6.06. The molecular formula is C11H13BrClN.